The summed E-state index contributed by atoms with van der Waals surface area (Å²) in [7, 11) is 1.63. The summed E-state index contributed by atoms with van der Waals surface area (Å²) in [6.45, 7) is 5.46. The van der Waals surface area contributed by atoms with Crippen LogP contribution in [0.3, 0.4) is 0 Å². The summed E-state index contributed by atoms with van der Waals surface area (Å²) in [6, 6.07) is 18.9. The van der Waals surface area contributed by atoms with Crippen LogP contribution in [0.25, 0.3) is 11.3 Å². The molecule has 0 fully saturated rings. The second-order valence-electron chi connectivity index (χ2n) is 9.87. The Morgan fingerprint density at radius 2 is 1.89 bits per heavy atom. The summed E-state index contributed by atoms with van der Waals surface area (Å²) in [5.74, 6) is 0.516. The lowest BCUT2D eigenvalue weighted by Gasteiger charge is -2.37. The predicted octanol–water partition coefficient (Wildman–Crippen LogP) is 4.44. The second-order valence-corrected chi connectivity index (χ2v) is 9.87. The molecule has 1 amide bonds. The van der Waals surface area contributed by atoms with Crippen molar-refractivity contribution in [1.29, 1.82) is 0 Å². The zero-order valence-corrected chi connectivity index (χ0v) is 20.2. The van der Waals surface area contributed by atoms with Gasteiger partial charge in [-0.3, -0.25) is 14.3 Å². The van der Waals surface area contributed by atoms with E-state index < -0.39 is 17.2 Å². The van der Waals surface area contributed by atoms with E-state index in [9.17, 15) is 9.59 Å². The number of nitrogens with two attached hydrogens (primary N) is 1. The summed E-state index contributed by atoms with van der Waals surface area (Å²) < 4.78 is 13.4. The Labute approximate surface area is 204 Å². The number of carbonyl (C=O) groups excluding carboxylic acids is 2. The fourth-order valence-corrected chi connectivity index (χ4v) is 4.64. The SMILES string of the molecule is CN1C(=O)C2(CC(c3ccccc3)Oc3ccc(-c4cccn4C(=O)OC(C)(C)C)cc32)N=C1N. The molecule has 180 valence electrons. The van der Waals surface area contributed by atoms with Crippen molar-refractivity contribution in [2.75, 3.05) is 7.05 Å². The lowest BCUT2D eigenvalue weighted by molar-refractivity contribution is -0.132. The summed E-state index contributed by atoms with van der Waals surface area (Å²) in [5, 5.41) is 0. The number of aliphatic imine (C=N–C) groups is 1. The Morgan fingerprint density at radius 1 is 1.14 bits per heavy atom. The Balaban J connectivity index is 1.62. The quantitative estimate of drug-likeness (QED) is 0.594. The minimum absolute atomic E-state index is 0.164. The van der Waals surface area contributed by atoms with Crippen LogP contribution in [0.2, 0.25) is 0 Å². The van der Waals surface area contributed by atoms with Gasteiger partial charge in [-0.15, -0.1) is 0 Å². The summed E-state index contributed by atoms with van der Waals surface area (Å²) >= 11 is 0. The number of guanidine groups is 1. The number of likely N-dealkylation sites (N-methyl/N-ethyl adjacent to an activating group) is 1. The molecule has 0 aliphatic carbocycles. The molecule has 2 aromatic carbocycles. The molecule has 3 aromatic rings. The molecule has 0 bridgehead atoms. The van der Waals surface area contributed by atoms with E-state index in [4.69, 9.17) is 15.2 Å². The summed E-state index contributed by atoms with van der Waals surface area (Å²) in [6.07, 6.45) is 1.12. The van der Waals surface area contributed by atoms with Gasteiger partial charge in [0, 0.05) is 25.2 Å². The van der Waals surface area contributed by atoms with Crippen molar-refractivity contribution in [3.63, 3.8) is 0 Å². The number of carbonyl (C=O) groups is 2. The highest BCUT2D eigenvalue weighted by molar-refractivity contribution is 6.07. The maximum atomic E-state index is 13.6. The van der Waals surface area contributed by atoms with Gasteiger partial charge in [0.05, 0.1) is 5.69 Å². The fraction of sp³-hybridized carbons (Fsp3) is 0.296. The smallest absolute Gasteiger partial charge is 0.418 e. The van der Waals surface area contributed by atoms with E-state index in [-0.39, 0.29) is 18.0 Å². The summed E-state index contributed by atoms with van der Waals surface area (Å²) in [5.41, 5.74) is 7.22. The van der Waals surface area contributed by atoms with Gasteiger partial charge in [0.25, 0.3) is 5.91 Å². The van der Waals surface area contributed by atoms with Gasteiger partial charge in [-0.2, -0.15) is 0 Å². The van der Waals surface area contributed by atoms with E-state index in [1.807, 2.05) is 75.4 Å². The van der Waals surface area contributed by atoms with Crippen molar-refractivity contribution in [2.45, 2.75) is 44.4 Å². The van der Waals surface area contributed by atoms with Crippen molar-refractivity contribution >= 4 is 18.0 Å². The summed E-state index contributed by atoms with van der Waals surface area (Å²) in [4.78, 5) is 32.4. The van der Waals surface area contributed by atoms with Gasteiger partial charge in [0.2, 0.25) is 0 Å². The van der Waals surface area contributed by atoms with Gasteiger partial charge in [0.1, 0.15) is 17.5 Å². The maximum absolute atomic E-state index is 13.6. The first kappa shape index (κ1) is 22.7. The highest BCUT2D eigenvalue weighted by Crippen LogP contribution is 2.50. The fourth-order valence-electron chi connectivity index (χ4n) is 4.64. The molecule has 1 spiro atoms. The second kappa shape index (κ2) is 8.01. The largest absolute Gasteiger partial charge is 0.485 e. The molecular formula is C27H28N4O4. The Bertz CT molecular complexity index is 1340. The zero-order chi connectivity index (χ0) is 25.0. The average Bonchev–Trinajstić information content (AvgIpc) is 3.39. The van der Waals surface area contributed by atoms with Crippen LogP contribution in [-0.2, 0) is 15.1 Å². The van der Waals surface area contributed by atoms with Crippen LogP contribution >= 0.6 is 0 Å². The van der Waals surface area contributed by atoms with Crippen LogP contribution in [0.15, 0.2) is 71.9 Å². The molecule has 2 N–H and O–H groups in total. The predicted molar refractivity (Wildman–Crippen MR) is 132 cm³/mol. The number of hydrogen-bond acceptors (Lipinski definition) is 6. The third kappa shape index (κ3) is 3.84. The number of nitrogens with zero attached hydrogens (tertiary/aromatic N) is 3. The van der Waals surface area contributed by atoms with Crippen molar-refractivity contribution in [3.05, 3.63) is 78.0 Å². The highest BCUT2D eigenvalue weighted by atomic mass is 16.6. The lowest BCUT2D eigenvalue weighted by Crippen LogP contribution is -2.43. The Kier molecular flexibility index (Phi) is 5.20. The molecule has 1 aromatic heterocycles. The van der Waals surface area contributed by atoms with E-state index in [2.05, 4.69) is 4.99 Å². The first-order chi connectivity index (χ1) is 16.6. The number of ether oxygens (including phenoxy) is 2. The van der Waals surface area contributed by atoms with Gasteiger partial charge in [0.15, 0.2) is 11.5 Å². The molecule has 5 rings (SSSR count). The van der Waals surface area contributed by atoms with Crippen molar-refractivity contribution in [2.24, 2.45) is 10.7 Å². The van der Waals surface area contributed by atoms with Gasteiger partial charge >= 0.3 is 6.09 Å². The molecule has 8 heteroatoms. The van der Waals surface area contributed by atoms with Crippen LogP contribution in [0, 0.1) is 0 Å². The molecule has 35 heavy (non-hydrogen) atoms. The number of aromatic nitrogens is 1. The molecule has 8 nitrogen and oxygen atoms in total. The molecule has 2 aliphatic heterocycles. The van der Waals surface area contributed by atoms with E-state index in [0.717, 1.165) is 11.1 Å². The van der Waals surface area contributed by atoms with E-state index in [0.29, 0.717) is 23.4 Å². The molecular weight excluding hydrogens is 444 g/mol. The van der Waals surface area contributed by atoms with Gasteiger partial charge < -0.3 is 15.2 Å². The Hall–Kier alpha value is -4.07. The van der Waals surface area contributed by atoms with Gasteiger partial charge in [-0.1, -0.05) is 30.3 Å². The van der Waals surface area contributed by atoms with Gasteiger partial charge in [-0.25, -0.2) is 9.79 Å². The first-order valence-electron chi connectivity index (χ1n) is 11.5. The van der Waals surface area contributed by atoms with E-state index in [1.165, 1.54) is 9.47 Å². The topological polar surface area (TPSA) is 99.1 Å². The molecule has 0 saturated heterocycles. The first-order valence-corrected chi connectivity index (χ1v) is 11.5. The normalized spacial score (nSPS) is 21.5. The zero-order valence-electron chi connectivity index (χ0n) is 20.2. The van der Waals surface area contributed by atoms with Crippen LogP contribution in [0.5, 0.6) is 5.75 Å². The van der Waals surface area contributed by atoms with E-state index >= 15 is 0 Å². The van der Waals surface area contributed by atoms with Crippen LogP contribution in [0.4, 0.5) is 4.79 Å². The lowest BCUT2D eigenvalue weighted by atomic mass is 9.79. The third-order valence-corrected chi connectivity index (χ3v) is 6.29. The number of fused-ring (bicyclic) bond motifs is 2. The Morgan fingerprint density at radius 3 is 2.54 bits per heavy atom. The van der Waals surface area contributed by atoms with E-state index in [1.54, 1.807) is 19.3 Å². The van der Waals surface area contributed by atoms with Crippen LogP contribution < -0.4 is 10.5 Å². The maximum Gasteiger partial charge on any atom is 0.418 e. The van der Waals surface area contributed by atoms with Crippen molar-refractivity contribution in [1.82, 2.24) is 9.47 Å². The third-order valence-electron chi connectivity index (χ3n) is 6.29. The molecule has 0 radical (unpaired) electrons. The number of benzene rings is 2. The molecule has 2 aliphatic rings. The monoisotopic (exact) mass is 472 g/mol. The van der Waals surface area contributed by atoms with Gasteiger partial charge in [-0.05, 0) is 62.2 Å². The molecule has 3 heterocycles. The minimum atomic E-state index is -1.22. The number of hydrogen-bond donors (Lipinski definition) is 1. The van der Waals surface area contributed by atoms with Crippen molar-refractivity contribution < 1.29 is 19.1 Å². The minimum Gasteiger partial charge on any atom is -0.485 e. The molecule has 2 atom stereocenters. The standard InChI is InChI=1S/C27H28N4O4/c1-26(2,3)35-25(33)31-14-8-11-20(31)18-12-13-21-19(15-18)27(23(32)30(4)24(28)29-27)16-22(34-21)17-9-6-5-7-10-17/h5-15,22H,16H2,1-4H3,(H2,28,29). The van der Waals surface area contributed by atoms with Crippen LogP contribution in [-0.4, -0.2) is 40.1 Å². The number of rotatable bonds is 2. The number of amides is 1. The molecule has 0 saturated carbocycles. The molecule has 2 unspecified atom stereocenters. The average molecular weight is 473 g/mol. The van der Waals surface area contributed by atoms with Crippen LogP contribution in [0.1, 0.15) is 44.4 Å². The highest BCUT2D eigenvalue weighted by Gasteiger charge is 2.53. The van der Waals surface area contributed by atoms with Crippen molar-refractivity contribution in [3.8, 4) is 17.0 Å².